The van der Waals surface area contributed by atoms with Gasteiger partial charge in [0.25, 0.3) is 0 Å². The van der Waals surface area contributed by atoms with Gasteiger partial charge in [-0.25, -0.2) is 0 Å². The Balaban J connectivity index is 2.80. The van der Waals surface area contributed by atoms with Gasteiger partial charge in [0.05, 0.1) is 0 Å². The van der Waals surface area contributed by atoms with E-state index in [-0.39, 0.29) is 5.50 Å². The van der Waals surface area contributed by atoms with Crippen molar-refractivity contribution in [1.82, 2.24) is 4.90 Å². The van der Waals surface area contributed by atoms with E-state index in [1.807, 2.05) is 19.0 Å². The molecular weight excluding hydrogens is 206 g/mol. The van der Waals surface area contributed by atoms with E-state index in [2.05, 4.69) is 38.1 Å². The fourth-order valence-electron chi connectivity index (χ4n) is 1.52. The van der Waals surface area contributed by atoms with Crippen molar-refractivity contribution in [2.45, 2.75) is 31.7 Å². The fourth-order valence-corrected chi connectivity index (χ4v) is 1.66. The first-order valence-corrected chi connectivity index (χ1v) is 5.90. The number of halogens is 1. The minimum Gasteiger partial charge on any atom is -0.290 e. The summed E-state index contributed by atoms with van der Waals surface area (Å²) in [6, 6.07) is 8.61. The van der Waals surface area contributed by atoms with Crippen molar-refractivity contribution in [3.63, 3.8) is 0 Å². The van der Waals surface area contributed by atoms with Gasteiger partial charge in [0.2, 0.25) is 0 Å². The standard InChI is InChI=1S/C13H20ClN/c1-5-10(2)11-6-8-12(9-7-11)13(14)15(3)4/h6-10,13H,5H2,1-4H3. The van der Waals surface area contributed by atoms with Crippen molar-refractivity contribution in [3.05, 3.63) is 35.4 Å². The Kier molecular flexibility index (Phi) is 4.62. The van der Waals surface area contributed by atoms with Gasteiger partial charge in [-0.2, -0.15) is 0 Å². The van der Waals surface area contributed by atoms with Crippen molar-refractivity contribution >= 4 is 11.6 Å². The second kappa shape index (κ2) is 5.53. The lowest BCUT2D eigenvalue weighted by Crippen LogP contribution is -2.14. The van der Waals surface area contributed by atoms with Crippen molar-refractivity contribution in [3.8, 4) is 0 Å². The molecule has 0 radical (unpaired) electrons. The second-order valence-corrected chi connectivity index (χ2v) is 4.69. The molecule has 0 N–H and O–H groups in total. The van der Waals surface area contributed by atoms with Crippen LogP contribution in [0.4, 0.5) is 0 Å². The predicted octanol–water partition coefficient (Wildman–Crippen LogP) is 4.00. The van der Waals surface area contributed by atoms with Gasteiger partial charge in [-0.05, 0) is 37.6 Å². The summed E-state index contributed by atoms with van der Waals surface area (Å²) in [7, 11) is 3.97. The van der Waals surface area contributed by atoms with E-state index in [1.54, 1.807) is 0 Å². The largest absolute Gasteiger partial charge is 0.290 e. The van der Waals surface area contributed by atoms with Crippen LogP contribution in [0.3, 0.4) is 0 Å². The zero-order valence-electron chi connectivity index (χ0n) is 10.00. The molecule has 0 aliphatic heterocycles. The molecular formula is C13H20ClN. The molecule has 84 valence electrons. The van der Waals surface area contributed by atoms with Gasteiger partial charge < -0.3 is 0 Å². The van der Waals surface area contributed by atoms with Crippen molar-refractivity contribution in [2.24, 2.45) is 0 Å². The first-order valence-electron chi connectivity index (χ1n) is 5.46. The van der Waals surface area contributed by atoms with Crippen LogP contribution in [0.2, 0.25) is 0 Å². The first kappa shape index (κ1) is 12.5. The van der Waals surface area contributed by atoms with Crippen LogP contribution < -0.4 is 0 Å². The van der Waals surface area contributed by atoms with Gasteiger partial charge in [0.1, 0.15) is 5.50 Å². The maximum atomic E-state index is 6.23. The molecule has 0 aliphatic carbocycles. The van der Waals surface area contributed by atoms with E-state index in [4.69, 9.17) is 11.6 Å². The number of hydrogen-bond donors (Lipinski definition) is 0. The summed E-state index contributed by atoms with van der Waals surface area (Å²) in [5.41, 5.74) is 2.52. The van der Waals surface area contributed by atoms with Crippen LogP contribution in [0.15, 0.2) is 24.3 Å². The van der Waals surface area contributed by atoms with Crippen LogP contribution in [-0.4, -0.2) is 19.0 Å². The number of hydrogen-bond acceptors (Lipinski definition) is 1. The average Bonchev–Trinajstić information content (AvgIpc) is 2.27. The Hall–Kier alpha value is -0.530. The lowest BCUT2D eigenvalue weighted by atomic mass is 9.97. The van der Waals surface area contributed by atoms with Crippen LogP contribution in [0.1, 0.15) is 42.8 Å². The molecule has 0 aliphatic rings. The number of alkyl halides is 1. The van der Waals surface area contributed by atoms with Crippen molar-refractivity contribution in [1.29, 1.82) is 0 Å². The van der Waals surface area contributed by atoms with Crippen molar-refractivity contribution < 1.29 is 0 Å². The third-order valence-corrected chi connectivity index (χ3v) is 3.49. The van der Waals surface area contributed by atoms with Gasteiger partial charge >= 0.3 is 0 Å². The molecule has 1 rings (SSSR count). The van der Waals surface area contributed by atoms with Gasteiger partial charge in [-0.3, -0.25) is 4.90 Å². The second-order valence-electron chi connectivity index (χ2n) is 4.28. The number of benzene rings is 1. The van der Waals surface area contributed by atoms with Gasteiger partial charge in [0, 0.05) is 0 Å². The quantitative estimate of drug-likeness (QED) is 0.553. The van der Waals surface area contributed by atoms with Crippen LogP contribution >= 0.6 is 11.6 Å². The SMILES string of the molecule is CCC(C)c1ccc(C(Cl)N(C)C)cc1. The Labute approximate surface area is 98.0 Å². The molecule has 1 aromatic rings. The minimum atomic E-state index is -0.0315. The lowest BCUT2D eigenvalue weighted by molar-refractivity contribution is 0.384. The van der Waals surface area contributed by atoms with Gasteiger partial charge in [0.15, 0.2) is 0 Å². The fraction of sp³-hybridized carbons (Fsp3) is 0.538. The zero-order chi connectivity index (χ0) is 11.4. The van der Waals surface area contributed by atoms with Crippen LogP contribution in [0.25, 0.3) is 0 Å². The van der Waals surface area contributed by atoms with E-state index in [0.29, 0.717) is 5.92 Å². The molecule has 2 unspecified atom stereocenters. The highest BCUT2D eigenvalue weighted by atomic mass is 35.5. The molecule has 15 heavy (non-hydrogen) atoms. The molecule has 0 fully saturated rings. The Morgan fingerprint density at radius 1 is 1.13 bits per heavy atom. The summed E-state index contributed by atoms with van der Waals surface area (Å²) in [5.74, 6) is 0.632. The highest BCUT2D eigenvalue weighted by Crippen LogP contribution is 2.25. The third-order valence-electron chi connectivity index (χ3n) is 2.85. The van der Waals surface area contributed by atoms with Crippen LogP contribution in [0.5, 0.6) is 0 Å². The predicted molar refractivity (Wildman–Crippen MR) is 67.4 cm³/mol. The van der Waals surface area contributed by atoms with E-state index in [0.717, 1.165) is 5.56 Å². The molecule has 0 heterocycles. The lowest BCUT2D eigenvalue weighted by Gasteiger charge is -2.18. The third kappa shape index (κ3) is 3.22. The highest BCUT2D eigenvalue weighted by molar-refractivity contribution is 6.20. The highest BCUT2D eigenvalue weighted by Gasteiger charge is 2.10. The molecule has 2 atom stereocenters. The Bertz CT molecular complexity index is 292. The summed E-state index contributed by atoms with van der Waals surface area (Å²) in [4.78, 5) is 2.00. The monoisotopic (exact) mass is 225 g/mol. The molecule has 1 nitrogen and oxygen atoms in total. The maximum absolute atomic E-state index is 6.23. The van der Waals surface area contributed by atoms with E-state index >= 15 is 0 Å². The van der Waals surface area contributed by atoms with E-state index in [1.165, 1.54) is 12.0 Å². The summed E-state index contributed by atoms with van der Waals surface area (Å²) >= 11 is 6.23. The molecule has 0 aromatic heterocycles. The molecule has 0 saturated carbocycles. The molecule has 1 aromatic carbocycles. The maximum Gasteiger partial charge on any atom is 0.110 e. The Morgan fingerprint density at radius 3 is 2.00 bits per heavy atom. The smallest absolute Gasteiger partial charge is 0.110 e. The number of nitrogens with zero attached hydrogens (tertiary/aromatic N) is 1. The molecule has 0 spiro atoms. The normalized spacial score (nSPS) is 15.3. The van der Waals surface area contributed by atoms with Crippen LogP contribution in [0, 0.1) is 0 Å². The summed E-state index contributed by atoms with van der Waals surface area (Å²) < 4.78 is 0. The minimum absolute atomic E-state index is 0.0315. The summed E-state index contributed by atoms with van der Waals surface area (Å²) in [6.45, 7) is 4.46. The van der Waals surface area contributed by atoms with Gasteiger partial charge in [-0.15, -0.1) is 11.6 Å². The zero-order valence-corrected chi connectivity index (χ0v) is 10.8. The van der Waals surface area contributed by atoms with Crippen molar-refractivity contribution in [2.75, 3.05) is 14.1 Å². The first-order chi connectivity index (χ1) is 7.06. The van der Waals surface area contributed by atoms with Crippen LogP contribution in [-0.2, 0) is 0 Å². The average molecular weight is 226 g/mol. The Morgan fingerprint density at radius 2 is 1.60 bits per heavy atom. The van der Waals surface area contributed by atoms with Gasteiger partial charge in [-0.1, -0.05) is 38.1 Å². The summed E-state index contributed by atoms with van der Waals surface area (Å²) in [5, 5.41) is 0. The van der Waals surface area contributed by atoms with E-state index < -0.39 is 0 Å². The molecule has 0 saturated heterocycles. The molecule has 0 bridgehead atoms. The molecule has 2 heteroatoms. The topological polar surface area (TPSA) is 3.24 Å². The summed E-state index contributed by atoms with van der Waals surface area (Å²) in [6.07, 6.45) is 1.18. The molecule has 0 amide bonds. The van der Waals surface area contributed by atoms with E-state index in [9.17, 15) is 0 Å². The number of rotatable bonds is 4.